The smallest absolute Gasteiger partial charge is 0.877 e. The van der Waals surface area contributed by atoms with Crippen LogP contribution in [-0.4, -0.2) is 0 Å². The Hall–Kier alpha value is -1.89. The molecule has 0 amide bonds. The molecule has 1 nitrogen and oxygen atoms in total. The molecule has 0 unspecified atom stereocenters. The van der Waals surface area contributed by atoms with Crippen molar-refractivity contribution in [2.75, 3.05) is 0 Å². The molecular formula is C17H14FeO. The zero-order valence-electron chi connectivity index (χ0n) is 10.3. The van der Waals surface area contributed by atoms with Crippen LogP contribution in [0.4, 0.5) is 0 Å². The van der Waals surface area contributed by atoms with E-state index in [0.717, 1.165) is 16.7 Å². The van der Waals surface area contributed by atoms with Crippen molar-refractivity contribution in [3.8, 4) is 0 Å². The van der Waals surface area contributed by atoms with Crippen molar-refractivity contribution in [2.24, 2.45) is 0 Å². The molecule has 0 N–H and O–H groups in total. The van der Waals surface area contributed by atoms with Crippen molar-refractivity contribution in [1.82, 2.24) is 0 Å². The molecule has 0 atom stereocenters. The Balaban J connectivity index is 0.000000256. The van der Waals surface area contributed by atoms with Crippen molar-refractivity contribution in [3.63, 3.8) is 0 Å². The van der Waals surface area contributed by atoms with Crippen LogP contribution >= 0.6 is 0 Å². The Labute approximate surface area is 123 Å². The fourth-order valence-electron chi connectivity index (χ4n) is 1.64. The van der Waals surface area contributed by atoms with Gasteiger partial charge in [-0.05, 0) is 16.0 Å². The Morgan fingerprint density at radius 1 is 0.895 bits per heavy atom. The van der Waals surface area contributed by atoms with Gasteiger partial charge < -0.3 is 5.11 Å². The van der Waals surface area contributed by atoms with Gasteiger partial charge in [-0.25, -0.2) is 12.1 Å². The summed E-state index contributed by atoms with van der Waals surface area (Å²) in [5.74, 6) is 0. The summed E-state index contributed by atoms with van der Waals surface area (Å²) in [6.07, 6.45) is 8.96. The maximum Gasteiger partial charge on any atom is 2.00 e. The number of hydrogen-bond donors (Lipinski definition) is 0. The van der Waals surface area contributed by atoms with Crippen LogP contribution in [0.25, 0.3) is 11.8 Å². The molecule has 2 aromatic rings. The van der Waals surface area contributed by atoms with Crippen molar-refractivity contribution >= 4 is 11.8 Å². The second-order valence-electron chi connectivity index (χ2n) is 3.88. The quantitative estimate of drug-likeness (QED) is 0.532. The van der Waals surface area contributed by atoms with Crippen molar-refractivity contribution in [3.05, 3.63) is 89.3 Å². The van der Waals surface area contributed by atoms with E-state index in [1.54, 1.807) is 0 Å². The first-order valence-corrected chi connectivity index (χ1v) is 5.84. The van der Waals surface area contributed by atoms with Crippen LogP contribution in [0.5, 0.6) is 0 Å². The Bertz CT molecular complexity index is 594. The summed E-state index contributed by atoms with van der Waals surface area (Å²) in [4.78, 5) is 0. The average molecular weight is 290 g/mol. The number of benzene rings is 1. The van der Waals surface area contributed by atoms with Gasteiger partial charge in [0, 0.05) is 0 Å². The molecule has 0 bridgehead atoms. The topological polar surface area (TPSA) is 23.1 Å². The van der Waals surface area contributed by atoms with E-state index in [-0.39, 0.29) is 17.1 Å². The normalized spacial score (nSPS) is 11.5. The minimum Gasteiger partial charge on any atom is -0.877 e. The third kappa shape index (κ3) is 4.70. The van der Waals surface area contributed by atoms with Gasteiger partial charge in [0.05, 0.1) is 0 Å². The molecule has 96 valence electrons. The standard InChI is InChI=1S/C12H10O.C5H5.Fe/c13-9-10-5-7-12(8-6-10)11-3-1-2-4-11;1-2-4-5-3-1;/h1-9,13H;1-5H;/q;-1;+2/p-1. The molecule has 0 heterocycles. The van der Waals surface area contributed by atoms with E-state index >= 15 is 0 Å². The van der Waals surface area contributed by atoms with Crippen LogP contribution in [0.1, 0.15) is 0 Å². The molecular weight excluding hydrogens is 276 g/mol. The van der Waals surface area contributed by atoms with Crippen LogP contribution < -0.4 is 15.5 Å². The summed E-state index contributed by atoms with van der Waals surface area (Å²) in [7, 11) is 0. The Morgan fingerprint density at radius 3 is 1.89 bits per heavy atom. The van der Waals surface area contributed by atoms with Crippen molar-refractivity contribution in [2.45, 2.75) is 0 Å². The summed E-state index contributed by atoms with van der Waals surface area (Å²) in [5.41, 5.74) is 1.19. The summed E-state index contributed by atoms with van der Waals surface area (Å²) in [5, 5.41) is 12.3. The SMILES string of the molecule is [Fe+2].[O-]C=c1ccc(=C2C=CC=C2)cc1.c1cc[cH-]c1. The monoisotopic (exact) mass is 290 g/mol. The number of rotatable bonds is 0. The predicted molar refractivity (Wildman–Crippen MR) is 73.9 cm³/mol. The molecule has 0 saturated carbocycles. The van der Waals surface area contributed by atoms with E-state index < -0.39 is 0 Å². The Kier molecular flexibility index (Phi) is 6.59. The molecule has 2 heteroatoms. The molecule has 0 saturated heterocycles. The van der Waals surface area contributed by atoms with Gasteiger partial charge in [-0.1, -0.05) is 48.6 Å². The van der Waals surface area contributed by atoms with E-state index in [2.05, 4.69) is 12.2 Å². The van der Waals surface area contributed by atoms with E-state index in [1.165, 1.54) is 5.57 Å². The van der Waals surface area contributed by atoms with Gasteiger partial charge in [0.2, 0.25) is 0 Å². The summed E-state index contributed by atoms with van der Waals surface area (Å²) < 4.78 is 0. The van der Waals surface area contributed by atoms with Gasteiger partial charge >= 0.3 is 17.1 Å². The zero-order valence-corrected chi connectivity index (χ0v) is 11.4. The predicted octanol–water partition coefficient (Wildman–Crippen LogP) is 1.46. The average Bonchev–Trinajstić information content (AvgIpc) is 3.14. The van der Waals surface area contributed by atoms with Crippen LogP contribution in [0.2, 0.25) is 0 Å². The minimum atomic E-state index is 0. The molecule has 0 fully saturated rings. The van der Waals surface area contributed by atoms with E-state index in [4.69, 9.17) is 0 Å². The minimum absolute atomic E-state index is 0. The Morgan fingerprint density at radius 2 is 1.47 bits per heavy atom. The summed E-state index contributed by atoms with van der Waals surface area (Å²) >= 11 is 0. The third-order valence-corrected chi connectivity index (χ3v) is 2.60. The molecule has 19 heavy (non-hydrogen) atoms. The fourth-order valence-corrected chi connectivity index (χ4v) is 1.64. The zero-order chi connectivity index (χ0) is 12.6. The van der Waals surface area contributed by atoms with E-state index in [0.29, 0.717) is 0 Å². The van der Waals surface area contributed by atoms with Gasteiger partial charge in [0.25, 0.3) is 0 Å². The maximum absolute atomic E-state index is 10.4. The first-order valence-electron chi connectivity index (χ1n) is 5.84. The molecule has 0 aliphatic heterocycles. The molecule has 0 spiro atoms. The molecule has 3 rings (SSSR count). The second-order valence-corrected chi connectivity index (χ2v) is 3.88. The first-order chi connectivity index (χ1) is 8.90. The molecule has 0 radical (unpaired) electrons. The van der Waals surface area contributed by atoms with Gasteiger partial charge in [0.1, 0.15) is 0 Å². The van der Waals surface area contributed by atoms with Crippen molar-refractivity contribution in [1.29, 1.82) is 0 Å². The van der Waals surface area contributed by atoms with Crippen LogP contribution in [0, 0.1) is 0 Å². The van der Waals surface area contributed by atoms with Gasteiger partial charge in [0.15, 0.2) is 0 Å². The van der Waals surface area contributed by atoms with Gasteiger partial charge in [-0.15, -0.1) is 6.26 Å². The van der Waals surface area contributed by atoms with E-state index in [1.807, 2.05) is 66.7 Å². The molecule has 2 aromatic carbocycles. The molecule has 0 aromatic heterocycles. The van der Waals surface area contributed by atoms with Crippen molar-refractivity contribution < 1.29 is 22.2 Å². The third-order valence-electron chi connectivity index (χ3n) is 2.60. The van der Waals surface area contributed by atoms with Crippen LogP contribution in [0.3, 0.4) is 0 Å². The van der Waals surface area contributed by atoms with E-state index in [9.17, 15) is 5.11 Å². The molecule has 1 aliphatic carbocycles. The summed E-state index contributed by atoms with van der Waals surface area (Å²) in [6.45, 7) is 0. The van der Waals surface area contributed by atoms with Gasteiger partial charge in [-0.2, -0.15) is 18.2 Å². The number of allylic oxidation sites excluding steroid dienone is 4. The van der Waals surface area contributed by atoms with Crippen LogP contribution in [0.15, 0.2) is 78.9 Å². The maximum atomic E-state index is 10.4. The fraction of sp³-hybridized carbons (Fsp3) is 0. The summed E-state index contributed by atoms with van der Waals surface area (Å²) in [6, 6.07) is 17.6. The number of hydrogen-bond acceptors (Lipinski definition) is 1. The van der Waals surface area contributed by atoms with Gasteiger partial charge in [-0.3, -0.25) is 0 Å². The molecule has 1 aliphatic rings. The largest absolute Gasteiger partial charge is 2.00 e. The first kappa shape index (κ1) is 15.2. The second kappa shape index (κ2) is 8.25. The van der Waals surface area contributed by atoms with Crippen LogP contribution in [-0.2, 0) is 17.1 Å².